The number of nitrogens with zero attached hydrogens (tertiary/aromatic N) is 2. The molecule has 1 aromatic rings. The van der Waals surface area contributed by atoms with Crippen LogP contribution in [0.15, 0.2) is 12.1 Å². The average Bonchev–Trinajstić information content (AvgIpc) is 2.37. The van der Waals surface area contributed by atoms with Gasteiger partial charge in [-0.1, -0.05) is 13.0 Å². The molecule has 6 heteroatoms. The minimum atomic E-state index is -0.613. The molecule has 0 heterocycles. The summed E-state index contributed by atoms with van der Waals surface area (Å²) in [6, 6.07) is 4.76. The van der Waals surface area contributed by atoms with Crippen molar-refractivity contribution < 1.29 is 14.5 Å². The molecule has 0 aromatic heterocycles. The minimum Gasteiger partial charge on any atom is -0.469 e. The quantitative estimate of drug-likeness (QED) is 0.459. The highest BCUT2D eigenvalue weighted by molar-refractivity contribution is 5.74. The maximum atomic E-state index is 11.2. The van der Waals surface area contributed by atoms with Gasteiger partial charge < -0.3 is 4.74 Å². The standard InChI is InChI=1S/C12H12N2O4/c1-3-8-4-9(6-12(15)18-2)10(7-13)11(5-8)14(16)17/h4-5H,3,6H2,1-2H3. The number of ether oxygens (including phenoxy) is 1. The number of nitriles is 1. The molecule has 6 nitrogen and oxygen atoms in total. The molecule has 0 amide bonds. The number of esters is 1. The van der Waals surface area contributed by atoms with Crippen LogP contribution in [0, 0.1) is 21.4 Å². The third-order valence-corrected chi connectivity index (χ3v) is 2.54. The summed E-state index contributed by atoms with van der Waals surface area (Å²) in [5, 5.41) is 19.9. The van der Waals surface area contributed by atoms with Crippen molar-refractivity contribution in [1.29, 1.82) is 5.26 Å². The van der Waals surface area contributed by atoms with Gasteiger partial charge >= 0.3 is 5.97 Å². The van der Waals surface area contributed by atoms with Crippen LogP contribution in [0.25, 0.3) is 0 Å². The third-order valence-electron chi connectivity index (χ3n) is 2.54. The molecule has 94 valence electrons. The number of rotatable bonds is 4. The van der Waals surface area contributed by atoms with Crippen molar-refractivity contribution in [2.45, 2.75) is 19.8 Å². The Morgan fingerprint density at radius 3 is 2.67 bits per heavy atom. The van der Waals surface area contributed by atoms with Crippen molar-refractivity contribution >= 4 is 11.7 Å². The predicted molar refractivity (Wildman–Crippen MR) is 62.9 cm³/mol. The highest BCUT2D eigenvalue weighted by Gasteiger charge is 2.20. The minimum absolute atomic E-state index is 0.0809. The molecule has 0 saturated carbocycles. The maximum absolute atomic E-state index is 11.2. The number of carbonyl (C=O) groups excluding carboxylic acids is 1. The van der Waals surface area contributed by atoms with Gasteiger partial charge in [0.1, 0.15) is 11.6 Å². The third kappa shape index (κ3) is 2.83. The lowest BCUT2D eigenvalue weighted by molar-refractivity contribution is -0.385. The molecule has 0 unspecified atom stereocenters. The molecule has 0 radical (unpaired) electrons. The van der Waals surface area contributed by atoms with Gasteiger partial charge in [0.05, 0.1) is 18.5 Å². The van der Waals surface area contributed by atoms with Gasteiger partial charge in [0, 0.05) is 6.07 Å². The first-order valence-corrected chi connectivity index (χ1v) is 5.30. The summed E-state index contributed by atoms with van der Waals surface area (Å²) >= 11 is 0. The number of hydrogen-bond donors (Lipinski definition) is 0. The largest absolute Gasteiger partial charge is 0.469 e. The van der Waals surface area contributed by atoms with Gasteiger partial charge in [-0.05, 0) is 17.5 Å². The Balaban J connectivity index is 3.38. The molecule has 0 aliphatic rings. The molecule has 0 spiro atoms. The second-order valence-electron chi connectivity index (χ2n) is 3.62. The highest BCUT2D eigenvalue weighted by Crippen LogP contribution is 2.25. The van der Waals surface area contributed by atoms with Crippen LogP contribution in [-0.2, 0) is 22.4 Å². The van der Waals surface area contributed by atoms with E-state index in [1.54, 1.807) is 12.1 Å². The highest BCUT2D eigenvalue weighted by atomic mass is 16.6. The van der Waals surface area contributed by atoms with Gasteiger partial charge in [-0.25, -0.2) is 0 Å². The van der Waals surface area contributed by atoms with Crippen LogP contribution in [-0.4, -0.2) is 18.0 Å². The average molecular weight is 248 g/mol. The second kappa shape index (κ2) is 5.77. The van der Waals surface area contributed by atoms with E-state index < -0.39 is 10.9 Å². The Morgan fingerprint density at radius 2 is 2.22 bits per heavy atom. The summed E-state index contributed by atoms with van der Waals surface area (Å²) in [6.07, 6.45) is 0.439. The van der Waals surface area contributed by atoms with Gasteiger partial charge in [-0.3, -0.25) is 14.9 Å². The molecule has 1 rings (SSSR count). The Morgan fingerprint density at radius 1 is 1.56 bits per heavy atom. The van der Waals surface area contributed by atoms with Crippen molar-refractivity contribution in [2.75, 3.05) is 7.11 Å². The fraction of sp³-hybridized carbons (Fsp3) is 0.333. The SMILES string of the molecule is CCc1cc(CC(=O)OC)c(C#N)c([N+](=O)[O-])c1. The lowest BCUT2D eigenvalue weighted by atomic mass is 9.99. The molecule has 0 bridgehead atoms. The van der Waals surface area contributed by atoms with E-state index in [9.17, 15) is 14.9 Å². The first kappa shape index (κ1) is 13.6. The number of hydrogen-bond acceptors (Lipinski definition) is 5. The lowest BCUT2D eigenvalue weighted by Crippen LogP contribution is -2.08. The normalized spacial score (nSPS) is 9.61. The first-order chi connectivity index (χ1) is 8.53. The summed E-state index contributed by atoms with van der Waals surface area (Å²) < 4.78 is 4.51. The van der Waals surface area contributed by atoms with E-state index in [0.29, 0.717) is 17.5 Å². The molecule has 0 saturated heterocycles. The molecule has 0 fully saturated rings. The zero-order valence-corrected chi connectivity index (χ0v) is 10.1. The molecule has 18 heavy (non-hydrogen) atoms. The van der Waals surface area contributed by atoms with E-state index in [0.717, 1.165) is 0 Å². The number of nitro groups is 1. The number of aryl methyl sites for hydroxylation is 1. The Bertz CT molecular complexity index is 532. The van der Waals surface area contributed by atoms with Crippen LogP contribution in [0.1, 0.15) is 23.6 Å². The van der Waals surface area contributed by atoms with Crippen molar-refractivity contribution in [3.63, 3.8) is 0 Å². The summed E-state index contributed by atoms with van der Waals surface area (Å²) in [6.45, 7) is 1.84. The molecular weight excluding hydrogens is 236 g/mol. The maximum Gasteiger partial charge on any atom is 0.310 e. The van der Waals surface area contributed by atoms with Gasteiger partial charge in [0.15, 0.2) is 0 Å². The Labute approximate surface area is 104 Å². The van der Waals surface area contributed by atoms with Crippen LogP contribution in [0.5, 0.6) is 0 Å². The Kier molecular flexibility index (Phi) is 4.38. The molecule has 0 atom stereocenters. The van der Waals surface area contributed by atoms with Crippen molar-refractivity contribution in [2.24, 2.45) is 0 Å². The van der Waals surface area contributed by atoms with E-state index in [2.05, 4.69) is 4.74 Å². The van der Waals surface area contributed by atoms with E-state index >= 15 is 0 Å². The molecular formula is C12H12N2O4. The molecule has 0 aliphatic heterocycles. The van der Waals surface area contributed by atoms with Crippen LogP contribution < -0.4 is 0 Å². The number of nitro benzene ring substituents is 1. The van der Waals surface area contributed by atoms with Crippen LogP contribution >= 0.6 is 0 Å². The van der Waals surface area contributed by atoms with E-state index in [-0.39, 0.29) is 17.7 Å². The van der Waals surface area contributed by atoms with Crippen LogP contribution in [0.3, 0.4) is 0 Å². The van der Waals surface area contributed by atoms with Gasteiger partial charge in [-0.15, -0.1) is 0 Å². The van der Waals surface area contributed by atoms with Gasteiger partial charge in [0.25, 0.3) is 5.69 Å². The van der Waals surface area contributed by atoms with Crippen LogP contribution in [0.2, 0.25) is 0 Å². The number of carbonyl (C=O) groups is 1. The van der Waals surface area contributed by atoms with Gasteiger partial charge in [-0.2, -0.15) is 5.26 Å². The first-order valence-electron chi connectivity index (χ1n) is 5.30. The van der Waals surface area contributed by atoms with Crippen LogP contribution in [0.4, 0.5) is 5.69 Å². The zero-order valence-electron chi connectivity index (χ0n) is 10.1. The van der Waals surface area contributed by atoms with E-state index in [1.165, 1.54) is 13.2 Å². The summed E-state index contributed by atoms with van der Waals surface area (Å²) in [7, 11) is 1.23. The molecule has 0 aliphatic carbocycles. The summed E-state index contributed by atoms with van der Waals surface area (Å²) in [4.78, 5) is 21.5. The molecule has 0 N–H and O–H groups in total. The Hall–Kier alpha value is -2.42. The smallest absolute Gasteiger partial charge is 0.310 e. The fourth-order valence-corrected chi connectivity index (χ4v) is 1.59. The van der Waals surface area contributed by atoms with E-state index in [1.807, 2.05) is 6.92 Å². The number of benzene rings is 1. The summed E-state index contributed by atoms with van der Waals surface area (Å²) in [5.41, 5.74) is 0.688. The fourth-order valence-electron chi connectivity index (χ4n) is 1.59. The summed E-state index contributed by atoms with van der Waals surface area (Å²) in [5.74, 6) is -0.533. The predicted octanol–water partition coefficient (Wildman–Crippen LogP) is 1.74. The van der Waals surface area contributed by atoms with Gasteiger partial charge in [0.2, 0.25) is 0 Å². The lowest BCUT2D eigenvalue weighted by Gasteiger charge is -2.06. The number of methoxy groups -OCH3 is 1. The molecule has 1 aromatic carbocycles. The van der Waals surface area contributed by atoms with Crippen molar-refractivity contribution in [3.05, 3.63) is 38.9 Å². The van der Waals surface area contributed by atoms with Crippen molar-refractivity contribution in [3.8, 4) is 6.07 Å². The van der Waals surface area contributed by atoms with Crippen molar-refractivity contribution in [1.82, 2.24) is 0 Å². The second-order valence-corrected chi connectivity index (χ2v) is 3.62. The van der Waals surface area contributed by atoms with E-state index in [4.69, 9.17) is 5.26 Å². The monoisotopic (exact) mass is 248 g/mol. The zero-order chi connectivity index (χ0) is 13.7. The topological polar surface area (TPSA) is 93.2 Å².